The molecule has 1 fully saturated rings. The van der Waals surface area contributed by atoms with Crippen molar-refractivity contribution in [2.24, 2.45) is 0 Å². The SMILES string of the molecule is CCN1CCCC1CNc1ccc([N+](=O)[O-])c(N)c1. The summed E-state index contributed by atoms with van der Waals surface area (Å²) in [6, 6.07) is 5.33. The van der Waals surface area contributed by atoms with E-state index in [0.29, 0.717) is 6.04 Å². The molecule has 0 aliphatic carbocycles. The second kappa shape index (κ2) is 5.88. The fourth-order valence-corrected chi connectivity index (χ4v) is 2.61. The Kier molecular flexibility index (Phi) is 4.21. The summed E-state index contributed by atoms with van der Waals surface area (Å²) < 4.78 is 0. The summed E-state index contributed by atoms with van der Waals surface area (Å²) in [7, 11) is 0. The highest BCUT2D eigenvalue weighted by molar-refractivity contribution is 5.65. The van der Waals surface area contributed by atoms with Crippen molar-refractivity contribution < 1.29 is 4.92 Å². The van der Waals surface area contributed by atoms with Gasteiger partial charge in [0.15, 0.2) is 0 Å². The molecule has 0 amide bonds. The first-order valence-electron chi connectivity index (χ1n) is 6.63. The van der Waals surface area contributed by atoms with Crippen LogP contribution < -0.4 is 11.1 Å². The maximum atomic E-state index is 10.7. The van der Waals surface area contributed by atoms with Crippen LogP contribution in [0.4, 0.5) is 17.1 Å². The van der Waals surface area contributed by atoms with Gasteiger partial charge in [-0.3, -0.25) is 15.0 Å². The Balaban J connectivity index is 1.96. The lowest BCUT2D eigenvalue weighted by atomic mass is 10.2. The van der Waals surface area contributed by atoms with E-state index in [-0.39, 0.29) is 11.4 Å². The van der Waals surface area contributed by atoms with Gasteiger partial charge in [0.2, 0.25) is 0 Å². The van der Waals surface area contributed by atoms with E-state index in [4.69, 9.17) is 5.73 Å². The number of rotatable bonds is 5. The Morgan fingerprint density at radius 1 is 1.58 bits per heavy atom. The molecule has 0 radical (unpaired) electrons. The van der Waals surface area contributed by atoms with Crippen LogP contribution in [0.3, 0.4) is 0 Å². The molecular formula is C13H20N4O2. The number of nitrogen functional groups attached to an aromatic ring is 1. The summed E-state index contributed by atoms with van der Waals surface area (Å²) in [6.45, 7) is 5.24. The van der Waals surface area contributed by atoms with Crippen molar-refractivity contribution in [3.05, 3.63) is 28.3 Å². The van der Waals surface area contributed by atoms with Gasteiger partial charge in [0.25, 0.3) is 5.69 Å². The molecule has 6 nitrogen and oxygen atoms in total. The van der Waals surface area contributed by atoms with Crippen molar-refractivity contribution >= 4 is 17.1 Å². The summed E-state index contributed by atoms with van der Waals surface area (Å²) in [6.07, 6.45) is 2.44. The minimum absolute atomic E-state index is 0.0402. The number of nitro benzene ring substituents is 1. The zero-order valence-corrected chi connectivity index (χ0v) is 11.1. The van der Waals surface area contributed by atoms with E-state index in [1.165, 1.54) is 18.9 Å². The monoisotopic (exact) mass is 264 g/mol. The lowest BCUT2D eigenvalue weighted by Gasteiger charge is -2.23. The number of hydrogen-bond acceptors (Lipinski definition) is 5. The van der Waals surface area contributed by atoms with E-state index in [1.807, 2.05) is 0 Å². The molecule has 1 unspecified atom stereocenters. The highest BCUT2D eigenvalue weighted by Crippen LogP contribution is 2.25. The molecule has 1 aliphatic heterocycles. The van der Waals surface area contributed by atoms with Gasteiger partial charge in [-0.2, -0.15) is 0 Å². The van der Waals surface area contributed by atoms with Crippen molar-refractivity contribution in [1.82, 2.24) is 4.90 Å². The molecule has 104 valence electrons. The average Bonchev–Trinajstić information content (AvgIpc) is 2.83. The minimum atomic E-state index is -0.463. The van der Waals surface area contributed by atoms with Crippen molar-refractivity contribution in [2.45, 2.75) is 25.8 Å². The summed E-state index contributed by atoms with van der Waals surface area (Å²) in [5.74, 6) is 0. The summed E-state index contributed by atoms with van der Waals surface area (Å²) in [4.78, 5) is 12.7. The van der Waals surface area contributed by atoms with Crippen LogP contribution in [-0.4, -0.2) is 35.5 Å². The van der Waals surface area contributed by atoms with Gasteiger partial charge in [0.1, 0.15) is 5.69 Å². The number of anilines is 2. The largest absolute Gasteiger partial charge is 0.393 e. The van der Waals surface area contributed by atoms with Crippen LogP contribution >= 0.6 is 0 Å². The molecule has 0 bridgehead atoms. The number of nitrogens with two attached hydrogens (primary N) is 1. The van der Waals surface area contributed by atoms with Gasteiger partial charge < -0.3 is 11.1 Å². The minimum Gasteiger partial charge on any atom is -0.393 e. The number of nitro groups is 1. The van der Waals surface area contributed by atoms with Gasteiger partial charge in [-0.15, -0.1) is 0 Å². The van der Waals surface area contributed by atoms with Crippen molar-refractivity contribution in [2.75, 3.05) is 30.7 Å². The number of nitrogens with zero attached hydrogens (tertiary/aromatic N) is 2. The summed E-state index contributed by atoms with van der Waals surface area (Å²) in [5.41, 5.74) is 6.67. The van der Waals surface area contributed by atoms with Gasteiger partial charge in [-0.05, 0) is 38.1 Å². The molecule has 0 aromatic heterocycles. The molecule has 6 heteroatoms. The predicted molar refractivity (Wildman–Crippen MR) is 76.3 cm³/mol. The van der Waals surface area contributed by atoms with Gasteiger partial charge in [-0.25, -0.2) is 0 Å². The van der Waals surface area contributed by atoms with Crippen molar-refractivity contribution in [3.8, 4) is 0 Å². The highest BCUT2D eigenvalue weighted by Gasteiger charge is 2.22. The van der Waals surface area contributed by atoms with Crippen LogP contribution in [0.15, 0.2) is 18.2 Å². The zero-order chi connectivity index (χ0) is 13.8. The molecule has 1 aliphatic rings. The molecule has 1 atom stereocenters. The number of likely N-dealkylation sites (tertiary alicyclic amines) is 1. The number of nitrogens with one attached hydrogen (secondary N) is 1. The van der Waals surface area contributed by atoms with Gasteiger partial charge in [0, 0.05) is 24.3 Å². The Bertz CT molecular complexity index is 464. The highest BCUT2D eigenvalue weighted by atomic mass is 16.6. The fraction of sp³-hybridized carbons (Fsp3) is 0.538. The zero-order valence-electron chi connectivity index (χ0n) is 11.1. The molecule has 0 saturated carbocycles. The molecule has 1 heterocycles. The number of hydrogen-bond donors (Lipinski definition) is 2. The lowest BCUT2D eigenvalue weighted by Crippen LogP contribution is -2.34. The third-order valence-corrected chi connectivity index (χ3v) is 3.67. The van der Waals surface area contributed by atoms with Gasteiger partial charge >= 0.3 is 0 Å². The summed E-state index contributed by atoms with van der Waals surface area (Å²) >= 11 is 0. The number of benzene rings is 1. The smallest absolute Gasteiger partial charge is 0.292 e. The number of likely N-dealkylation sites (N-methyl/N-ethyl adjacent to an activating group) is 1. The first-order valence-corrected chi connectivity index (χ1v) is 6.63. The maximum Gasteiger partial charge on any atom is 0.292 e. The Morgan fingerprint density at radius 3 is 3.00 bits per heavy atom. The standard InChI is InChI=1S/C13H20N4O2/c1-2-16-7-3-4-11(16)9-15-10-5-6-13(17(18)19)12(14)8-10/h5-6,8,11,15H,2-4,7,9,14H2,1H3. The molecular weight excluding hydrogens is 244 g/mol. The van der Waals surface area contributed by atoms with E-state index >= 15 is 0 Å². The van der Waals surface area contributed by atoms with Crippen LogP contribution in [0.2, 0.25) is 0 Å². The Morgan fingerprint density at radius 2 is 2.37 bits per heavy atom. The quantitative estimate of drug-likeness (QED) is 0.483. The van der Waals surface area contributed by atoms with Crippen LogP contribution in [-0.2, 0) is 0 Å². The molecule has 2 rings (SSSR count). The second-order valence-corrected chi connectivity index (χ2v) is 4.84. The third-order valence-electron chi connectivity index (χ3n) is 3.67. The molecule has 0 spiro atoms. The maximum absolute atomic E-state index is 10.7. The normalized spacial score (nSPS) is 19.5. The van der Waals surface area contributed by atoms with Crippen LogP contribution in [0.25, 0.3) is 0 Å². The molecule has 3 N–H and O–H groups in total. The Labute approximate surface area is 112 Å². The van der Waals surface area contributed by atoms with E-state index in [0.717, 1.165) is 25.3 Å². The first kappa shape index (κ1) is 13.6. The van der Waals surface area contributed by atoms with E-state index in [9.17, 15) is 10.1 Å². The van der Waals surface area contributed by atoms with Gasteiger partial charge in [0.05, 0.1) is 4.92 Å². The van der Waals surface area contributed by atoms with Crippen molar-refractivity contribution in [1.29, 1.82) is 0 Å². The predicted octanol–water partition coefficient (Wildman–Crippen LogP) is 2.07. The van der Waals surface area contributed by atoms with E-state index < -0.39 is 4.92 Å². The summed E-state index contributed by atoms with van der Waals surface area (Å²) in [5, 5.41) is 14.0. The van der Waals surface area contributed by atoms with Crippen LogP contribution in [0.1, 0.15) is 19.8 Å². The second-order valence-electron chi connectivity index (χ2n) is 4.84. The lowest BCUT2D eigenvalue weighted by molar-refractivity contribution is -0.383. The van der Waals surface area contributed by atoms with E-state index in [1.54, 1.807) is 12.1 Å². The molecule has 1 saturated heterocycles. The molecule has 19 heavy (non-hydrogen) atoms. The van der Waals surface area contributed by atoms with Gasteiger partial charge in [-0.1, -0.05) is 6.92 Å². The third kappa shape index (κ3) is 3.14. The molecule has 1 aromatic rings. The van der Waals surface area contributed by atoms with Crippen LogP contribution in [0, 0.1) is 10.1 Å². The van der Waals surface area contributed by atoms with Crippen molar-refractivity contribution in [3.63, 3.8) is 0 Å². The average molecular weight is 264 g/mol. The Hall–Kier alpha value is -1.82. The van der Waals surface area contributed by atoms with E-state index in [2.05, 4.69) is 17.1 Å². The van der Waals surface area contributed by atoms with Crippen LogP contribution in [0.5, 0.6) is 0 Å². The topological polar surface area (TPSA) is 84.4 Å². The molecule has 1 aromatic carbocycles. The first-order chi connectivity index (χ1) is 9.11. The fourth-order valence-electron chi connectivity index (χ4n) is 2.61.